The summed E-state index contributed by atoms with van der Waals surface area (Å²) < 4.78 is 44.4. The van der Waals surface area contributed by atoms with Crippen LogP contribution in [0.5, 0.6) is 0 Å². The van der Waals surface area contributed by atoms with Crippen molar-refractivity contribution in [3.8, 4) is 0 Å². The fraction of sp³-hybridized carbons (Fsp3) is 0.385. The molecule has 0 fully saturated rings. The Kier molecular flexibility index (Phi) is 4.08. The number of halogens is 3. The van der Waals surface area contributed by atoms with Gasteiger partial charge in [0.05, 0.1) is 6.54 Å². The molecule has 1 aromatic carbocycles. The van der Waals surface area contributed by atoms with E-state index in [9.17, 15) is 13.2 Å². The van der Waals surface area contributed by atoms with Crippen molar-refractivity contribution in [2.45, 2.75) is 32.6 Å². The summed E-state index contributed by atoms with van der Waals surface area (Å²) in [4.78, 5) is 0. The van der Waals surface area contributed by atoms with E-state index in [-0.39, 0.29) is 18.0 Å². The molecule has 0 aliphatic carbocycles. The number of nitrogens with one attached hydrogen (secondary N) is 1. The molecular weight excluding hydrogens is 271 g/mol. The highest BCUT2D eigenvalue weighted by molar-refractivity contribution is 5.26. The first kappa shape index (κ1) is 14.5. The van der Waals surface area contributed by atoms with Crippen molar-refractivity contribution in [2.75, 3.05) is 0 Å². The zero-order valence-electron chi connectivity index (χ0n) is 11.0. The maximum atomic E-state index is 13.1. The van der Waals surface area contributed by atoms with E-state index in [2.05, 4.69) is 15.5 Å². The predicted octanol–water partition coefficient (Wildman–Crippen LogP) is 3.08. The second kappa shape index (κ2) is 5.62. The average molecular weight is 285 g/mol. The van der Waals surface area contributed by atoms with Crippen LogP contribution in [0.15, 0.2) is 28.7 Å². The molecule has 7 heteroatoms. The molecule has 0 spiro atoms. The molecule has 0 radical (unpaired) electrons. The van der Waals surface area contributed by atoms with Crippen molar-refractivity contribution in [3.05, 3.63) is 47.2 Å². The smallest absolute Gasteiger partial charge is 0.407 e. The lowest BCUT2D eigenvalue weighted by molar-refractivity contribution is -0.158. The van der Waals surface area contributed by atoms with Crippen LogP contribution >= 0.6 is 0 Å². The van der Waals surface area contributed by atoms with E-state index in [0.29, 0.717) is 5.89 Å². The maximum absolute atomic E-state index is 13.1. The number of alkyl halides is 3. The van der Waals surface area contributed by atoms with Gasteiger partial charge in [-0.1, -0.05) is 29.8 Å². The number of aromatic nitrogens is 2. The van der Waals surface area contributed by atoms with Crippen LogP contribution in [0.1, 0.15) is 29.0 Å². The first-order chi connectivity index (χ1) is 9.36. The van der Waals surface area contributed by atoms with E-state index in [0.717, 1.165) is 5.56 Å². The molecule has 20 heavy (non-hydrogen) atoms. The zero-order valence-corrected chi connectivity index (χ0v) is 11.0. The van der Waals surface area contributed by atoms with Crippen LogP contribution in [0.2, 0.25) is 0 Å². The molecule has 4 nitrogen and oxygen atoms in total. The Bertz CT molecular complexity index is 580. The maximum Gasteiger partial charge on any atom is 0.407 e. The summed E-state index contributed by atoms with van der Waals surface area (Å²) in [6, 6.07) is 4.52. The van der Waals surface area contributed by atoms with Crippen molar-refractivity contribution >= 4 is 0 Å². The van der Waals surface area contributed by atoms with Crippen LogP contribution in [-0.4, -0.2) is 16.4 Å². The van der Waals surface area contributed by atoms with E-state index in [1.54, 1.807) is 26.0 Å². The molecule has 0 saturated carbocycles. The Morgan fingerprint density at radius 2 is 2.00 bits per heavy atom. The van der Waals surface area contributed by atoms with Crippen LogP contribution in [0.25, 0.3) is 0 Å². The topological polar surface area (TPSA) is 51.0 Å². The van der Waals surface area contributed by atoms with Gasteiger partial charge in [0, 0.05) is 6.92 Å². The highest BCUT2D eigenvalue weighted by Crippen LogP contribution is 2.33. The van der Waals surface area contributed by atoms with Gasteiger partial charge in [0.15, 0.2) is 0 Å². The van der Waals surface area contributed by atoms with Gasteiger partial charge in [0.1, 0.15) is 6.04 Å². The van der Waals surface area contributed by atoms with E-state index in [4.69, 9.17) is 4.42 Å². The lowest BCUT2D eigenvalue weighted by atomic mass is 10.0. The van der Waals surface area contributed by atoms with Crippen LogP contribution in [-0.2, 0) is 6.54 Å². The zero-order chi connectivity index (χ0) is 14.8. The van der Waals surface area contributed by atoms with Crippen LogP contribution in [0.3, 0.4) is 0 Å². The summed E-state index contributed by atoms with van der Waals surface area (Å²) in [5.74, 6) is 0.449. The van der Waals surface area contributed by atoms with Gasteiger partial charge in [0.25, 0.3) is 0 Å². The number of hydrogen-bond acceptors (Lipinski definition) is 4. The molecule has 2 aromatic rings. The molecule has 108 valence electrons. The molecular formula is C13H14F3N3O. The third-order valence-electron chi connectivity index (χ3n) is 2.73. The fourth-order valence-corrected chi connectivity index (χ4v) is 1.87. The molecule has 0 aliphatic heterocycles. The fourth-order valence-electron chi connectivity index (χ4n) is 1.87. The summed E-state index contributed by atoms with van der Waals surface area (Å²) in [5.41, 5.74) is 0.931. The molecule has 0 unspecified atom stereocenters. The van der Waals surface area contributed by atoms with Gasteiger partial charge in [0.2, 0.25) is 11.8 Å². The third-order valence-corrected chi connectivity index (χ3v) is 2.73. The molecule has 2 rings (SSSR count). The van der Waals surface area contributed by atoms with Gasteiger partial charge < -0.3 is 4.42 Å². The van der Waals surface area contributed by atoms with Crippen LogP contribution < -0.4 is 5.32 Å². The van der Waals surface area contributed by atoms with Crippen molar-refractivity contribution in [1.29, 1.82) is 0 Å². The SMILES string of the molecule is Cc1cccc([C@@H](NCc2nnc(C)o2)C(F)(F)F)c1. The quantitative estimate of drug-likeness (QED) is 0.938. The Labute approximate surface area is 114 Å². The largest absolute Gasteiger partial charge is 0.424 e. The molecule has 0 aliphatic rings. The second-order valence-corrected chi connectivity index (χ2v) is 4.48. The standard InChI is InChI=1S/C13H14F3N3O/c1-8-4-3-5-10(6-8)12(13(14,15)16)17-7-11-19-18-9(2)20-11/h3-6,12,17H,7H2,1-2H3/t12-/m1/s1. The van der Waals surface area contributed by atoms with Crippen molar-refractivity contribution in [3.63, 3.8) is 0 Å². The minimum Gasteiger partial charge on any atom is -0.424 e. The van der Waals surface area contributed by atoms with Crippen molar-refractivity contribution < 1.29 is 17.6 Å². The van der Waals surface area contributed by atoms with Crippen molar-refractivity contribution in [1.82, 2.24) is 15.5 Å². The molecule has 1 heterocycles. The number of nitrogens with zero attached hydrogens (tertiary/aromatic N) is 2. The summed E-state index contributed by atoms with van der Waals surface area (Å²) in [7, 11) is 0. The average Bonchev–Trinajstić information content (AvgIpc) is 2.74. The van der Waals surface area contributed by atoms with E-state index < -0.39 is 12.2 Å². The molecule has 0 bridgehead atoms. The number of hydrogen-bond donors (Lipinski definition) is 1. The Morgan fingerprint density at radius 3 is 2.55 bits per heavy atom. The monoisotopic (exact) mass is 285 g/mol. The van der Waals surface area contributed by atoms with Crippen LogP contribution in [0, 0.1) is 13.8 Å². The summed E-state index contributed by atoms with van der Waals surface area (Å²) >= 11 is 0. The van der Waals surface area contributed by atoms with E-state index in [1.165, 1.54) is 12.1 Å². The van der Waals surface area contributed by atoms with Crippen molar-refractivity contribution in [2.24, 2.45) is 0 Å². The second-order valence-electron chi connectivity index (χ2n) is 4.48. The number of aryl methyl sites for hydroxylation is 2. The Morgan fingerprint density at radius 1 is 1.25 bits per heavy atom. The normalized spacial score (nSPS) is 13.4. The van der Waals surface area contributed by atoms with Gasteiger partial charge >= 0.3 is 6.18 Å². The summed E-state index contributed by atoms with van der Waals surface area (Å²) in [6.45, 7) is 3.19. The first-order valence-corrected chi connectivity index (χ1v) is 6.02. The lowest BCUT2D eigenvalue weighted by Gasteiger charge is -2.21. The van der Waals surface area contributed by atoms with Gasteiger partial charge in [-0.15, -0.1) is 10.2 Å². The van der Waals surface area contributed by atoms with Gasteiger partial charge in [-0.2, -0.15) is 13.2 Å². The highest BCUT2D eigenvalue weighted by Gasteiger charge is 2.40. The molecule has 0 amide bonds. The highest BCUT2D eigenvalue weighted by atomic mass is 19.4. The molecule has 0 saturated heterocycles. The number of benzene rings is 1. The lowest BCUT2D eigenvalue weighted by Crippen LogP contribution is -2.34. The number of rotatable bonds is 4. The molecule has 1 aromatic heterocycles. The van der Waals surface area contributed by atoms with Crippen LogP contribution in [0.4, 0.5) is 13.2 Å². The first-order valence-electron chi connectivity index (χ1n) is 6.02. The Balaban J connectivity index is 2.16. The predicted molar refractivity (Wildman–Crippen MR) is 65.8 cm³/mol. The molecule has 1 atom stereocenters. The Hall–Kier alpha value is -1.89. The van der Waals surface area contributed by atoms with E-state index >= 15 is 0 Å². The minimum absolute atomic E-state index is 0.129. The third kappa shape index (κ3) is 3.57. The van der Waals surface area contributed by atoms with Gasteiger partial charge in [-0.05, 0) is 12.5 Å². The minimum atomic E-state index is -4.40. The summed E-state index contributed by atoms with van der Waals surface area (Å²) in [5, 5.41) is 9.65. The van der Waals surface area contributed by atoms with Gasteiger partial charge in [-0.25, -0.2) is 0 Å². The van der Waals surface area contributed by atoms with E-state index in [1.807, 2.05) is 0 Å². The molecule has 1 N–H and O–H groups in total. The van der Waals surface area contributed by atoms with Gasteiger partial charge in [-0.3, -0.25) is 5.32 Å². The summed E-state index contributed by atoms with van der Waals surface area (Å²) in [6.07, 6.45) is -4.40.